The van der Waals surface area contributed by atoms with Crippen LogP contribution >= 0.6 is 0 Å². The topological polar surface area (TPSA) is 144 Å². The molecule has 11 heteroatoms. The minimum atomic E-state index is -0.663. The molecule has 37 heavy (non-hydrogen) atoms. The Morgan fingerprint density at radius 1 is 1.14 bits per heavy atom. The number of aromatic nitrogens is 4. The number of nitrogens with two attached hydrogens (primary N) is 1. The molecule has 1 saturated heterocycles. The molecule has 0 aliphatic carbocycles. The molecule has 188 valence electrons. The molecule has 2 aromatic heterocycles. The zero-order valence-corrected chi connectivity index (χ0v) is 20.3. The number of carbonyl (C=O) groups is 1. The zero-order valence-electron chi connectivity index (χ0n) is 20.3. The molecule has 5 rings (SSSR count). The lowest BCUT2D eigenvalue weighted by Gasteiger charge is -2.28. The highest BCUT2D eigenvalue weighted by Gasteiger charge is 2.24. The van der Waals surface area contributed by atoms with Crippen molar-refractivity contribution >= 4 is 23.0 Å². The fourth-order valence-corrected chi connectivity index (χ4v) is 4.49. The number of hydrogen-bond donors (Lipinski definition) is 2. The van der Waals surface area contributed by atoms with Gasteiger partial charge >= 0.3 is 6.01 Å². The smallest absolute Gasteiger partial charge is 0.307 e. The molecule has 0 saturated carbocycles. The van der Waals surface area contributed by atoms with Crippen molar-refractivity contribution in [2.45, 2.75) is 20.0 Å². The molecule has 0 bridgehead atoms. The van der Waals surface area contributed by atoms with Crippen molar-refractivity contribution in [3.05, 3.63) is 75.6 Å². The fraction of sp³-hybridized carbons (Fsp3) is 0.269. The van der Waals surface area contributed by atoms with Crippen LogP contribution in [0.2, 0.25) is 0 Å². The number of ether oxygens (including phenoxy) is 1. The van der Waals surface area contributed by atoms with Gasteiger partial charge in [-0.1, -0.05) is 24.3 Å². The molecule has 1 aliphatic rings. The third-order valence-electron chi connectivity index (χ3n) is 6.28. The van der Waals surface area contributed by atoms with Crippen LogP contribution in [0.25, 0.3) is 11.2 Å². The molecule has 1 amide bonds. The summed E-state index contributed by atoms with van der Waals surface area (Å²) >= 11 is 0. The molecule has 4 aromatic rings. The number of nitrogens with zero attached hydrogens (tertiary/aromatic N) is 6. The second-order valence-corrected chi connectivity index (χ2v) is 8.63. The number of primary amides is 1. The average molecular weight is 499 g/mol. The molecule has 3 heterocycles. The van der Waals surface area contributed by atoms with Gasteiger partial charge in [-0.2, -0.15) is 15.2 Å². The van der Waals surface area contributed by atoms with E-state index in [1.165, 1.54) is 4.57 Å². The maximum absolute atomic E-state index is 14.0. The van der Waals surface area contributed by atoms with E-state index in [9.17, 15) is 14.9 Å². The second-order valence-electron chi connectivity index (χ2n) is 8.63. The number of aryl methyl sites for hydroxylation is 1. The van der Waals surface area contributed by atoms with Crippen LogP contribution < -0.4 is 26.2 Å². The fourth-order valence-electron chi connectivity index (χ4n) is 4.49. The Morgan fingerprint density at radius 2 is 1.92 bits per heavy atom. The maximum atomic E-state index is 14.0. The lowest BCUT2D eigenvalue weighted by atomic mass is 10.1. The summed E-state index contributed by atoms with van der Waals surface area (Å²) in [6, 6.07) is 15.6. The van der Waals surface area contributed by atoms with E-state index in [4.69, 9.17) is 15.5 Å². The first-order valence-electron chi connectivity index (χ1n) is 12.0. The Morgan fingerprint density at radius 3 is 2.65 bits per heavy atom. The monoisotopic (exact) mass is 498 g/mol. The van der Waals surface area contributed by atoms with Crippen molar-refractivity contribution in [3.8, 4) is 17.8 Å². The molecular weight excluding hydrogens is 472 g/mol. The number of para-hydroxylation sites is 1. The zero-order chi connectivity index (χ0) is 25.9. The van der Waals surface area contributed by atoms with Gasteiger partial charge in [-0.05, 0) is 36.8 Å². The van der Waals surface area contributed by atoms with Crippen LogP contribution in [0, 0.1) is 11.3 Å². The van der Waals surface area contributed by atoms with Gasteiger partial charge in [0.2, 0.25) is 5.95 Å². The Balaban J connectivity index is 1.70. The van der Waals surface area contributed by atoms with E-state index >= 15 is 0 Å². The molecule has 11 nitrogen and oxygen atoms in total. The van der Waals surface area contributed by atoms with E-state index in [-0.39, 0.29) is 35.1 Å². The van der Waals surface area contributed by atoms with Crippen LogP contribution in [0.15, 0.2) is 53.3 Å². The number of anilines is 1. The summed E-state index contributed by atoms with van der Waals surface area (Å²) in [6.07, 6.45) is 0. The number of piperazine rings is 1. The molecule has 0 radical (unpaired) electrons. The number of rotatable bonds is 7. The van der Waals surface area contributed by atoms with Crippen molar-refractivity contribution < 1.29 is 9.53 Å². The van der Waals surface area contributed by atoms with E-state index < -0.39 is 5.91 Å². The van der Waals surface area contributed by atoms with Gasteiger partial charge in [0.15, 0.2) is 11.2 Å². The second kappa shape index (κ2) is 10.1. The SMILES string of the molecule is CCn1c(N2CCNCC2)nc2nc(Oc3ccccc3C(N)=O)n(Cc3cccc(C#N)c3)c(=O)c21. The van der Waals surface area contributed by atoms with Crippen molar-refractivity contribution in [2.75, 3.05) is 31.1 Å². The molecule has 1 aliphatic heterocycles. The maximum Gasteiger partial charge on any atom is 0.307 e. The highest BCUT2D eigenvalue weighted by atomic mass is 16.5. The average Bonchev–Trinajstić information content (AvgIpc) is 3.30. The van der Waals surface area contributed by atoms with Crippen molar-refractivity contribution in [2.24, 2.45) is 5.73 Å². The molecule has 1 fully saturated rings. The number of benzene rings is 2. The van der Waals surface area contributed by atoms with Gasteiger partial charge in [0, 0.05) is 32.7 Å². The number of fused-ring (bicyclic) bond motifs is 1. The summed E-state index contributed by atoms with van der Waals surface area (Å²) < 4.78 is 9.33. The number of imidazole rings is 1. The van der Waals surface area contributed by atoms with Crippen LogP contribution in [-0.2, 0) is 13.1 Å². The number of nitrogens with one attached hydrogen (secondary N) is 1. The third kappa shape index (κ3) is 4.62. The first kappa shape index (κ1) is 24.0. The van der Waals surface area contributed by atoms with E-state index in [0.29, 0.717) is 23.6 Å². The van der Waals surface area contributed by atoms with Crippen LogP contribution in [0.1, 0.15) is 28.4 Å². The predicted octanol–water partition coefficient (Wildman–Crippen LogP) is 1.83. The normalized spacial score (nSPS) is 13.5. The lowest BCUT2D eigenvalue weighted by Crippen LogP contribution is -2.44. The van der Waals surface area contributed by atoms with Gasteiger partial charge in [-0.3, -0.25) is 14.2 Å². The Labute approximate surface area is 212 Å². The lowest BCUT2D eigenvalue weighted by molar-refractivity contribution is 0.0998. The van der Waals surface area contributed by atoms with Crippen molar-refractivity contribution in [1.82, 2.24) is 24.4 Å². The third-order valence-corrected chi connectivity index (χ3v) is 6.28. The quantitative estimate of drug-likeness (QED) is 0.393. The summed E-state index contributed by atoms with van der Waals surface area (Å²) in [4.78, 5) is 37.5. The Kier molecular flexibility index (Phi) is 6.57. The summed E-state index contributed by atoms with van der Waals surface area (Å²) in [5, 5.41) is 12.7. The van der Waals surface area contributed by atoms with Crippen LogP contribution in [0.3, 0.4) is 0 Å². The minimum Gasteiger partial charge on any atom is -0.425 e. The van der Waals surface area contributed by atoms with Gasteiger partial charge in [0.05, 0.1) is 23.7 Å². The largest absolute Gasteiger partial charge is 0.425 e. The van der Waals surface area contributed by atoms with Gasteiger partial charge in [0.1, 0.15) is 5.75 Å². The minimum absolute atomic E-state index is 0.0267. The first-order valence-corrected chi connectivity index (χ1v) is 12.0. The van der Waals surface area contributed by atoms with Crippen LogP contribution in [-0.4, -0.2) is 51.2 Å². The summed E-state index contributed by atoms with van der Waals surface area (Å²) in [7, 11) is 0. The van der Waals surface area contributed by atoms with E-state index in [1.807, 2.05) is 17.6 Å². The van der Waals surface area contributed by atoms with Crippen molar-refractivity contribution in [1.29, 1.82) is 5.26 Å². The summed E-state index contributed by atoms with van der Waals surface area (Å²) in [6.45, 7) is 5.74. The van der Waals surface area contributed by atoms with E-state index in [2.05, 4.69) is 21.3 Å². The molecule has 2 aromatic carbocycles. The van der Waals surface area contributed by atoms with Gasteiger partial charge in [-0.25, -0.2) is 0 Å². The molecule has 0 atom stereocenters. The predicted molar refractivity (Wildman–Crippen MR) is 138 cm³/mol. The van der Waals surface area contributed by atoms with Gasteiger partial charge in [-0.15, -0.1) is 0 Å². The molecule has 0 unspecified atom stereocenters. The number of nitriles is 1. The summed E-state index contributed by atoms with van der Waals surface area (Å²) in [5.41, 5.74) is 7.18. The Bertz CT molecular complexity index is 1580. The van der Waals surface area contributed by atoms with E-state index in [0.717, 1.165) is 31.7 Å². The van der Waals surface area contributed by atoms with E-state index in [1.54, 1.807) is 42.5 Å². The van der Waals surface area contributed by atoms with Crippen LogP contribution in [0.4, 0.5) is 5.95 Å². The van der Waals surface area contributed by atoms with Crippen molar-refractivity contribution in [3.63, 3.8) is 0 Å². The molecular formula is C26H26N8O3. The highest BCUT2D eigenvalue weighted by molar-refractivity contribution is 5.95. The Hall–Kier alpha value is -4.69. The molecule has 3 N–H and O–H groups in total. The molecule has 0 spiro atoms. The van der Waals surface area contributed by atoms with Crippen LogP contribution in [0.5, 0.6) is 11.8 Å². The first-order chi connectivity index (χ1) is 18.0. The van der Waals surface area contributed by atoms with Gasteiger partial charge in [0.25, 0.3) is 11.5 Å². The van der Waals surface area contributed by atoms with Gasteiger partial charge < -0.3 is 25.3 Å². The highest BCUT2D eigenvalue weighted by Crippen LogP contribution is 2.27. The standard InChI is InChI=1S/C26H26N8O3/c1-2-33-21-23(30-25(33)32-12-10-29-11-13-32)31-26(37-20-9-4-3-8-19(20)22(28)35)34(24(21)36)16-18-7-5-6-17(14-18)15-27/h3-9,14,29H,2,10-13,16H2,1H3,(H2,28,35). The summed E-state index contributed by atoms with van der Waals surface area (Å²) in [5.74, 6) is 0.192. The number of hydrogen-bond acceptors (Lipinski definition) is 8. The number of amides is 1. The number of carbonyl (C=O) groups excluding carboxylic acids is 1.